The second-order valence-corrected chi connectivity index (χ2v) is 7.39. The molecule has 0 unspecified atom stereocenters. The Kier molecular flexibility index (Phi) is 4.77. The molecule has 0 atom stereocenters. The molecule has 2 aromatic rings. The summed E-state index contributed by atoms with van der Waals surface area (Å²) in [5, 5.41) is 0. The average Bonchev–Trinajstić information content (AvgIpc) is 3.09. The first kappa shape index (κ1) is 16.1. The van der Waals surface area contributed by atoms with Crippen LogP contribution in [0, 0.1) is 0 Å². The van der Waals surface area contributed by atoms with E-state index in [4.69, 9.17) is 9.47 Å². The van der Waals surface area contributed by atoms with Gasteiger partial charge in [-0.1, -0.05) is 42.5 Å². The zero-order valence-corrected chi connectivity index (χ0v) is 13.7. The molecule has 1 aliphatic rings. The van der Waals surface area contributed by atoms with E-state index in [9.17, 15) is 8.42 Å². The molecule has 3 rings (SSSR count). The normalized spacial score (nSPS) is 16.1. The fourth-order valence-electron chi connectivity index (χ4n) is 2.45. The number of benzene rings is 2. The van der Waals surface area contributed by atoms with Crippen molar-refractivity contribution in [2.45, 2.75) is 11.2 Å². The number of hydrogen-bond acceptors (Lipinski definition) is 4. The largest absolute Gasteiger partial charge is 0.349 e. The molecule has 1 fully saturated rings. The first-order valence-electron chi connectivity index (χ1n) is 7.42. The van der Waals surface area contributed by atoms with Crippen molar-refractivity contribution in [3.8, 4) is 11.1 Å². The van der Waals surface area contributed by atoms with Gasteiger partial charge in [0, 0.05) is 7.05 Å². The molecule has 0 aromatic heterocycles. The van der Waals surface area contributed by atoms with E-state index in [1.807, 2.05) is 42.5 Å². The Morgan fingerprint density at radius 3 is 2.13 bits per heavy atom. The number of likely N-dealkylation sites (N-methyl/N-ethyl adjacent to an activating group) is 1. The molecule has 0 saturated carbocycles. The highest BCUT2D eigenvalue weighted by molar-refractivity contribution is 7.89. The van der Waals surface area contributed by atoms with Gasteiger partial charge >= 0.3 is 0 Å². The minimum atomic E-state index is -3.55. The van der Waals surface area contributed by atoms with Crippen LogP contribution >= 0.6 is 0 Å². The van der Waals surface area contributed by atoms with E-state index in [0.29, 0.717) is 13.2 Å². The van der Waals surface area contributed by atoms with E-state index in [-0.39, 0.29) is 11.4 Å². The van der Waals surface area contributed by atoms with Gasteiger partial charge in [-0.15, -0.1) is 0 Å². The van der Waals surface area contributed by atoms with Gasteiger partial charge in [0.2, 0.25) is 10.0 Å². The standard InChI is InChI=1S/C17H19NO4S/c1-18(13-17-21-11-12-22-17)23(19,20)16-9-7-15(8-10-16)14-5-3-2-4-6-14/h2-10,17H,11-13H2,1H3. The predicted molar refractivity (Wildman–Crippen MR) is 87.4 cm³/mol. The molecule has 0 N–H and O–H groups in total. The number of hydrogen-bond donors (Lipinski definition) is 0. The third-order valence-electron chi connectivity index (χ3n) is 3.77. The van der Waals surface area contributed by atoms with Crippen LogP contribution in [0.2, 0.25) is 0 Å². The van der Waals surface area contributed by atoms with Crippen molar-refractivity contribution in [2.24, 2.45) is 0 Å². The third kappa shape index (κ3) is 3.61. The second-order valence-electron chi connectivity index (χ2n) is 5.35. The maximum Gasteiger partial charge on any atom is 0.242 e. The summed E-state index contributed by atoms with van der Waals surface area (Å²) in [6.45, 7) is 1.19. The van der Waals surface area contributed by atoms with Gasteiger partial charge < -0.3 is 9.47 Å². The molecule has 2 aromatic carbocycles. The van der Waals surface area contributed by atoms with Crippen molar-refractivity contribution in [3.63, 3.8) is 0 Å². The van der Waals surface area contributed by atoms with Crippen molar-refractivity contribution in [1.82, 2.24) is 4.31 Å². The molecule has 23 heavy (non-hydrogen) atoms. The summed E-state index contributed by atoms with van der Waals surface area (Å²) < 4.78 is 37.0. The molecule has 6 heteroatoms. The van der Waals surface area contributed by atoms with Gasteiger partial charge in [-0.25, -0.2) is 8.42 Å². The van der Waals surface area contributed by atoms with Crippen LogP contribution in [0.3, 0.4) is 0 Å². The summed E-state index contributed by atoms with van der Waals surface area (Å²) in [7, 11) is -2.02. The molecule has 0 amide bonds. The zero-order valence-electron chi connectivity index (χ0n) is 12.9. The first-order chi connectivity index (χ1) is 11.1. The molecular formula is C17H19NO4S. The van der Waals surface area contributed by atoms with E-state index in [2.05, 4.69) is 0 Å². The molecule has 1 aliphatic heterocycles. The highest BCUT2D eigenvalue weighted by Gasteiger charge is 2.26. The van der Waals surface area contributed by atoms with Crippen molar-refractivity contribution in [1.29, 1.82) is 0 Å². The minimum absolute atomic E-state index is 0.183. The first-order valence-corrected chi connectivity index (χ1v) is 8.86. The lowest BCUT2D eigenvalue weighted by molar-refractivity contribution is -0.0482. The average molecular weight is 333 g/mol. The highest BCUT2D eigenvalue weighted by Crippen LogP contribution is 2.22. The maximum atomic E-state index is 12.6. The van der Waals surface area contributed by atoms with Crippen molar-refractivity contribution in [2.75, 3.05) is 26.8 Å². The van der Waals surface area contributed by atoms with Crippen LogP contribution in [0.5, 0.6) is 0 Å². The molecule has 122 valence electrons. The SMILES string of the molecule is CN(CC1OCCO1)S(=O)(=O)c1ccc(-c2ccccc2)cc1. The highest BCUT2D eigenvalue weighted by atomic mass is 32.2. The number of rotatable bonds is 5. The summed E-state index contributed by atoms with van der Waals surface area (Å²) in [5.41, 5.74) is 2.03. The molecule has 0 radical (unpaired) electrons. The predicted octanol–water partition coefficient (Wildman–Crippen LogP) is 2.35. The molecule has 1 heterocycles. The maximum absolute atomic E-state index is 12.6. The Morgan fingerprint density at radius 1 is 0.957 bits per heavy atom. The van der Waals surface area contributed by atoms with Gasteiger partial charge in [0.15, 0.2) is 6.29 Å². The van der Waals surface area contributed by atoms with E-state index < -0.39 is 16.3 Å². The smallest absolute Gasteiger partial charge is 0.242 e. The molecule has 5 nitrogen and oxygen atoms in total. The Balaban J connectivity index is 1.77. The Labute approximate surface area is 136 Å². The number of sulfonamides is 1. The van der Waals surface area contributed by atoms with Gasteiger partial charge in [-0.05, 0) is 23.3 Å². The van der Waals surface area contributed by atoms with Gasteiger partial charge in [0.05, 0.1) is 24.7 Å². The molecular weight excluding hydrogens is 314 g/mol. The lowest BCUT2D eigenvalue weighted by Crippen LogP contribution is -2.34. The van der Waals surface area contributed by atoms with Crippen LogP contribution in [0.15, 0.2) is 59.5 Å². The fourth-order valence-corrected chi connectivity index (χ4v) is 3.61. The van der Waals surface area contributed by atoms with E-state index >= 15 is 0 Å². The molecule has 0 aliphatic carbocycles. The van der Waals surface area contributed by atoms with Crippen molar-refractivity contribution < 1.29 is 17.9 Å². The van der Waals surface area contributed by atoms with Crippen LogP contribution in [0.1, 0.15) is 0 Å². The number of nitrogens with zero attached hydrogens (tertiary/aromatic N) is 1. The van der Waals surface area contributed by atoms with Crippen LogP contribution in [0.25, 0.3) is 11.1 Å². The Morgan fingerprint density at radius 2 is 1.52 bits per heavy atom. The lowest BCUT2D eigenvalue weighted by atomic mass is 10.1. The Bertz CT molecular complexity index is 738. The Hall–Kier alpha value is -1.73. The lowest BCUT2D eigenvalue weighted by Gasteiger charge is -2.20. The van der Waals surface area contributed by atoms with E-state index in [0.717, 1.165) is 11.1 Å². The quantitative estimate of drug-likeness (QED) is 0.843. The van der Waals surface area contributed by atoms with Gasteiger partial charge in [0.25, 0.3) is 0 Å². The van der Waals surface area contributed by atoms with Crippen LogP contribution < -0.4 is 0 Å². The monoisotopic (exact) mass is 333 g/mol. The van der Waals surface area contributed by atoms with Gasteiger partial charge in [-0.3, -0.25) is 0 Å². The summed E-state index contributed by atoms with van der Waals surface area (Å²) in [6.07, 6.45) is -0.488. The zero-order chi connectivity index (χ0) is 16.3. The summed E-state index contributed by atoms with van der Waals surface area (Å²) in [5.74, 6) is 0. The minimum Gasteiger partial charge on any atom is -0.349 e. The number of ether oxygens (including phenoxy) is 2. The third-order valence-corrected chi connectivity index (χ3v) is 5.60. The topological polar surface area (TPSA) is 55.8 Å². The summed E-state index contributed by atoms with van der Waals surface area (Å²) in [6, 6.07) is 16.7. The molecule has 0 bridgehead atoms. The van der Waals surface area contributed by atoms with E-state index in [1.165, 1.54) is 11.4 Å². The second kappa shape index (κ2) is 6.80. The van der Waals surface area contributed by atoms with Crippen molar-refractivity contribution >= 4 is 10.0 Å². The van der Waals surface area contributed by atoms with Crippen molar-refractivity contribution in [3.05, 3.63) is 54.6 Å². The molecule has 0 spiro atoms. The van der Waals surface area contributed by atoms with Gasteiger partial charge in [-0.2, -0.15) is 4.31 Å². The fraction of sp³-hybridized carbons (Fsp3) is 0.294. The summed E-state index contributed by atoms with van der Waals surface area (Å²) >= 11 is 0. The summed E-state index contributed by atoms with van der Waals surface area (Å²) in [4.78, 5) is 0.262. The van der Waals surface area contributed by atoms with Gasteiger partial charge in [0.1, 0.15) is 0 Å². The van der Waals surface area contributed by atoms with Crippen LogP contribution in [-0.2, 0) is 19.5 Å². The van der Waals surface area contributed by atoms with E-state index in [1.54, 1.807) is 12.1 Å². The van der Waals surface area contributed by atoms with Crippen LogP contribution in [0.4, 0.5) is 0 Å². The van der Waals surface area contributed by atoms with Crippen LogP contribution in [-0.4, -0.2) is 45.8 Å². The molecule has 1 saturated heterocycles.